The van der Waals surface area contributed by atoms with Crippen molar-refractivity contribution in [2.24, 2.45) is 0 Å². The van der Waals surface area contributed by atoms with Crippen molar-refractivity contribution in [2.45, 2.75) is 44.2 Å². The third-order valence-corrected chi connectivity index (χ3v) is 4.51. The molecule has 1 aliphatic carbocycles. The number of nitro benzene ring substituents is 1. The van der Waals surface area contributed by atoms with Gasteiger partial charge in [0, 0.05) is 43.0 Å². The quantitative estimate of drug-likeness (QED) is 0.678. The number of non-ortho nitro benzene ring substituents is 1. The van der Waals surface area contributed by atoms with E-state index in [0.29, 0.717) is 6.04 Å². The van der Waals surface area contributed by atoms with Gasteiger partial charge in [-0.2, -0.15) is 0 Å². The van der Waals surface area contributed by atoms with E-state index >= 15 is 0 Å². The van der Waals surface area contributed by atoms with Gasteiger partial charge in [0.25, 0.3) is 5.69 Å². The SMILES string of the molecule is O=[N+]([O-])c1ccc(NC2CCN(C3CCCC3)C2)cc1. The maximum absolute atomic E-state index is 10.6. The smallest absolute Gasteiger partial charge is 0.269 e. The van der Waals surface area contributed by atoms with Crippen molar-refractivity contribution < 1.29 is 4.92 Å². The summed E-state index contributed by atoms with van der Waals surface area (Å²) in [6.45, 7) is 2.27. The minimum atomic E-state index is -0.360. The molecule has 1 aromatic rings. The zero-order chi connectivity index (χ0) is 13.9. The summed E-state index contributed by atoms with van der Waals surface area (Å²) in [5, 5.41) is 14.1. The third-order valence-electron chi connectivity index (χ3n) is 4.51. The van der Waals surface area contributed by atoms with Crippen molar-refractivity contribution in [2.75, 3.05) is 18.4 Å². The lowest BCUT2D eigenvalue weighted by molar-refractivity contribution is -0.384. The Balaban J connectivity index is 1.54. The number of nitro groups is 1. The first-order chi connectivity index (χ1) is 9.72. The number of nitrogens with zero attached hydrogens (tertiary/aromatic N) is 2. The van der Waals surface area contributed by atoms with Crippen molar-refractivity contribution >= 4 is 11.4 Å². The Morgan fingerprint density at radius 3 is 2.50 bits per heavy atom. The molecule has 1 unspecified atom stereocenters. The van der Waals surface area contributed by atoms with Gasteiger partial charge in [-0.15, -0.1) is 0 Å². The highest BCUT2D eigenvalue weighted by Crippen LogP contribution is 2.27. The number of rotatable bonds is 4. The Kier molecular flexibility index (Phi) is 3.87. The van der Waals surface area contributed by atoms with Crippen LogP contribution < -0.4 is 5.32 Å². The minimum Gasteiger partial charge on any atom is -0.381 e. The lowest BCUT2D eigenvalue weighted by atomic mass is 10.2. The highest BCUT2D eigenvalue weighted by molar-refractivity contribution is 5.49. The molecule has 3 rings (SSSR count). The van der Waals surface area contributed by atoms with Crippen LogP contribution in [-0.4, -0.2) is 35.0 Å². The Morgan fingerprint density at radius 1 is 1.15 bits per heavy atom. The summed E-state index contributed by atoms with van der Waals surface area (Å²) in [5.41, 5.74) is 1.13. The van der Waals surface area contributed by atoms with Crippen LogP contribution in [0, 0.1) is 10.1 Å². The molecule has 0 aromatic heterocycles. The molecule has 20 heavy (non-hydrogen) atoms. The van der Waals surface area contributed by atoms with Crippen LogP contribution in [0.2, 0.25) is 0 Å². The Bertz CT molecular complexity index is 469. The van der Waals surface area contributed by atoms with E-state index in [1.807, 2.05) is 0 Å². The summed E-state index contributed by atoms with van der Waals surface area (Å²) in [5.74, 6) is 0. The van der Waals surface area contributed by atoms with Gasteiger partial charge in [0.15, 0.2) is 0 Å². The molecule has 1 saturated carbocycles. The third kappa shape index (κ3) is 2.93. The molecule has 1 N–H and O–H groups in total. The summed E-state index contributed by atoms with van der Waals surface area (Å²) in [7, 11) is 0. The normalized spacial score (nSPS) is 24.1. The molecule has 0 bridgehead atoms. The van der Waals surface area contributed by atoms with E-state index < -0.39 is 0 Å². The topological polar surface area (TPSA) is 58.4 Å². The summed E-state index contributed by atoms with van der Waals surface area (Å²) in [4.78, 5) is 12.9. The van der Waals surface area contributed by atoms with Crippen LogP contribution in [-0.2, 0) is 0 Å². The number of anilines is 1. The molecule has 5 heteroatoms. The fourth-order valence-electron chi connectivity index (χ4n) is 3.42. The summed E-state index contributed by atoms with van der Waals surface area (Å²) in [6, 6.07) is 7.99. The van der Waals surface area contributed by atoms with Crippen LogP contribution in [0.15, 0.2) is 24.3 Å². The zero-order valence-electron chi connectivity index (χ0n) is 11.6. The number of nitrogens with one attached hydrogen (secondary N) is 1. The van der Waals surface area contributed by atoms with Crippen LogP contribution in [0.5, 0.6) is 0 Å². The number of benzene rings is 1. The molecule has 2 aliphatic rings. The summed E-state index contributed by atoms with van der Waals surface area (Å²) >= 11 is 0. The van der Waals surface area contributed by atoms with Gasteiger partial charge in [-0.05, 0) is 31.4 Å². The highest BCUT2D eigenvalue weighted by atomic mass is 16.6. The molecule has 2 fully saturated rings. The fourth-order valence-corrected chi connectivity index (χ4v) is 3.42. The van der Waals surface area contributed by atoms with Gasteiger partial charge in [0.1, 0.15) is 0 Å². The van der Waals surface area contributed by atoms with E-state index in [2.05, 4.69) is 10.2 Å². The second kappa shape index (κ2) is 5.79. The van der Waals surface area contributed by atoms with E-state index in [4.69, 9.17) is 0 Å². The van der Waals surface area contributed by atoms with Crippen molar-refractivity contribution in [1.29, 1.82) is 0 Å². The molecule has 0 radical (unpaired) electrons. The van der Waals surface area contributed by atoms with Crippen molar-refractivity contribution in [3.05, 3.63) is 34.4 Å². The first-order valence-electron chi connectivity index (χ1n) is 7.47. The Labute approximate surface area is 119 Å². The molecule has 108 valence electrons. The molecule has 1 aromatic carbocycles. The summed E-state index contributed by atoms with van der Waals surface area (Å²) < 4.78 is 0. The largest absolute Gasteiger partial charge is 0.381 e. The molecule has 1 saturated heterocycles. The van der Waals surface area contributed by atoms with E-state index in [9.17, 15) is 10.1 Å². The van der Waals surface area contributed by atoms with Crippen LogP contribution in [0.3, 0.4) is 0 Å². The maximum Gasteiger partial charge on any atom is 0.269 e. The molecule has 0 amide bonds. The van der Waals surface area contributed by atoms with Gasteiger partial charge < -0.3 is 5.32 Å². The van der Waals surface area contributed by atoms with Gasteiger partial charge >= 0.3 is 0 Å². The average Bonchev–Trinajstić information content (AvgIpc) is 3.09. The predicted molar refractivity (Wildman–Crippen MR) is 79.0 cm³/mol. The Morgan fingerprint density at radius 2 is 1.85 bits per heavy atom. The zero-order valence-corrected chi connectivity index (χ0v) is 11.6. The maximum atomic E-state index is 10.6. The standard InChI is InChI=1S/C15H21N3O2/c19-18(20)15-7-5-12(6-8-15)16-13-9-10-17(11-13)14-3-1-2-4-14/h5-8,13-14,16H,1-4,9-11H2. The van der Waals surface area contributed by atoms with E-state index in [0.717, 1.165) is 24.7 Å². The summed E-state index contributed by atoms with van der Waals surface area (Å²) in [6.07, 6.45) is 6.62. The van der Waals surface area contributed by atoms with E-state index in [-0.39, 0.29) is 10.6 Å². The van der Waals surface area contributed by atoms with Crippen LogP contribution in [0.4, 0.5) is 11.4 Å². The van der Waals surface area contributed by atoms with Gasteiger partial charge in [0.2, 0.25) is 0 Å². The number of hydrogen-bond acceptors (Lipinski definition) is 4. The van der Waals surface area contributed by atoms with Gasteiger partial charge in [0.05, 0.1) is 4.92 Å². The van der Waals surface area contributed by atoms with Crippen molar-refractivity contribution in [3.63, 3.8) is 0 Å². The van der Waals surface area contributed by atoms with Gasteiger partial charge in [-0.25, -0.2) is 0 Å². The fraction of sp³-hybridized carbons (Fsp3) is 0.600. The highest BCUT2D eigenvalue weighted by Gasteiger charge is 2.29. The molecule has 1 aliphatic heterocycles. The first-order valence-corrected chi connectivity index (χ1v) is 7.47. The van der Waals surface area contributed by atoms with Crippen LogP contribution in [0.1, 0.15) is 32.1 Å². The van der Waals surface area contributed by atoms with Crippen molar-refractivity contribution in [1.82, 2.24) is 4.90 Å². The lowest BCUT2D eigenvalue weighted by Crippen LogP contribution is -2.33. The van der Waals surface area contributed by atoms with Crippen LogP contribution in [0.25, 0.3) is 0 Å². The lowest BCUT2D eigenvalue weighted by Gasteiger charge is -2.23. The molecular weight excluding hydrogens is 254 g/mol. The van der Waals surface area contributed by atoms with Crippen molar-refractivity contribution in [3.8, 4) is 0 Å². The molecular formula is C15H21N3O2. The van der Waals surface area contributed by atoms with E-state index in [1.165, 1.54) is 32.2 Å². The monoisotopic (exact) mass is 275 g/mol. The first kappa shape index (κ1) is 13.4. The molecule has 1 atom stereocenters. The second-order valence-electron chi connectivity index (χ2n) is 5.87. The minimum absolute atomic E-state index is 0.148. The molecule has 5 nitrogen and oxygen atoms in total. The number of likely N-dealkylation sites (tertiary alicyclic amines) is 1. The van der Waals surface area contributed by atoms with E-state index in [1.54, 1.807) is 24.3 Å². The Hall–Kier alpha value is -1.62. The molecule has 1 heterocycles. The average molecular weight is 275 g/mol. The van der Waals surface area contributed by atoms with Crippen LogP contribution >= 0.6 is 0 Å². The van der Waals surface area contributed by atoms with Gasteiger partial charge in [-0.1, -0.05) is 12.8 Å². The molecule has 0 spiro atoms. The predicted octanol–water partition coefficient (Wildman–Crippen LogP) is 3.02. The number of hydrogen-bond donors (Lipinski definition) is 1. The second-order valence-corrected chi connectivity index (χ2v) is 5.87. The van der Waals surface area contributed by atoms with Gasteiger partial charge in [-0.3, -0.25) is 15.0 Å².